The first-order valence-corrected chi connectivity index (χ1v) is 17.7. The van der Waals surface area contributed by atoms with Crippen LogP contribution in [0.15, 0.2) is 127 Å². The van der Waals surface area contributed by atoms with Gasteiger partial charge in [0.25, 0.3) is 0 Å². The number of aromatic nitrogens is 2. The van der Waals surface area contributed by atoms with E-state index in [0.717, 1.165) is 43.8 Å². The van der Waals surface area contributed by atoms with Crippen LogP contribution in [0, 0.1) is 0 Å². The van der Waals surface area contributed by atoms with Gasteiger partial charge < -0.3 is 8.80 Å². The maximum absolute atomic E-state index is 9.41. The zero-order valence-corrected chi connectivity index (χ0v) is 27.9. The highest BCUT2D eigenvalue weighted by atomic mass is 32.1. The lowest BCUT2D eigenvalue weighted by molar-refractivity contribution is 0.590. The quantitative estimate of drug-likeness (QED) is 0.168. The molecule has 2 nitrogen and oxygen atoms in total. The van der Waals surface area contributed by atoms with Crippen LogP contribution in [0.3, 0.4) is 0 Å². The fourth-order valence-corrected chi connectivity index (χ4v) is 9.93. The Balaban J connectivity index is 1.34. The largest absolute Gasteiger partial charge is 0.308 e. The number of thiophene rings is 1. The highest BCUT2D eigenvalue weighted by Gasteiger charge is 2.25. The number of hydrogen-bond donors (Lipinski definition) is 0. The number of hydrogen-bond acceptors (Lipinski definition) is 1. The third-order valence-electron chi connectivity index (χ3n) is 10.9. The summed E-state index contributed by atoms with van der Waals surface area (Å²) in [6, 6.07) is 37.3. The van der Waals surface area contributed by atoms with Gasteiger partial charge in [0.05, 0.1) is 38.6 Å². The molecule has 7 aromatic carbocycles. The second kappa shape index (κ2) is 8.68. The number of benzene rings is 7. The molecule has 49 heavy (non-hydrogen) atoms. The van der Waals surface area contributed by atoms with Crippen molar-refractivity contribution in [1.82, 2.24) is 8.80 Å². The van der Waals surface area contributed by atoms with Gasteiger partial charge in [-0.2, -0.15) is 0 Å². The summed E-state index contributed by atoms with van der Waals surface area (Å²) in [5.74, 6) is 0. The minimum Gasteiger partial charge on any atom is -0.308 e. The molecule has 0 saturated carbocycles. The first-order valence-electron chi connectivity index (χ1n) is 18.9. The third kappa shape index (κ3) is 3.13. The van der Waals surface area contributed by atoms with Gasteiger partial charge in [-0.1, -0.05) is 112 Å². The van der Waals surface area contributed by atoms with E-state index in [4.69, 9.17) is 2.74 Å². The van der Waals surface area contributed by atoms with Gasteiger partial charge >= 0.3 is 0 Å². The summed E-state index contributed by atoms with van der Waals surface area (Å²) in [5, 5.41) is 11.7. The van der Waals surface area contributed by atoms with E-state index in [2.05, 4.69) is 112 Å². The van der Waals surface area contributed by atoms with Crippen LogP contribution in [-0.2, 0) is 5.41 Å². The van der Waals surface area contributed by atoms with Gasteiger partial charge in [-0.3, -0.25) is 0 Å². The first kappa shape index (κ1) is 22.8. The zero-order valence-electron chi connectivity index (χ0n) is 31.1. The molecule has 0 aliphatic carbocycles. The summed E-state index contributed by atoms with van der Waals surface area (Å²) < 4.78 is 44.5. The molecule has 0 aliphatic rings. The number of nitrogens with zero attached hydrogens (tertiary/aromatic N) is 2. The molecule has 0 bridgehead atoms. The first-order chi connectivity index (χ1) is 25.6. The summed E-state index contributed by atoms with van der Waals surface area (Å²) >= 11 is 1.82. The molecule has 5 aromatic heterocycles. The Morgan fingerprint density at radius 2 is 1.18 bits per heavy atom. The molecule has 0 aliphatic heterocycles. The Morgan fingerprint density at radius 3 is 2.02 bits per heavy atom. The van der Waals surface area contributed by atoms with E-state index in [9.17, 15) is 2.74 Å². The van der Waals surface area contributed by atoms with Crippen LogP contribution in [-0.4, -0.2) is 8.80 Å². The minimum atomic E-state index is -0.548. The van der Waals surface area contributed by atoms with Crippen LogP contribution < -0.4 is 0 Å². The summed E-state index contributed by atoms with van der Waals surface area (Å²) in [6.07, 6.45) is 0. The molecule has 0 spiro atoms. The van der Waals surface area contributed by atoms with Gasteiger partial charge in [0.15, 0.2) is 0 Å². The fraction of sp³-hybridized carbons (Fsp3) is 0.0870. The average molecular weight is 647 g/mol. The van der Waals surface area contributed by atoms with Gasteiger partial charge in [0.2, 0.25) is 0 Å². The van der Waals surface area contributed by atoms with Crippen LogP contribution in [0.1, 0.15) is 31.8 Å². The molecule has 12 aromatic rings. The highest BCUT2D eigenvalue weighted by molar-refractivity contribution is 7.26. The molecule has 0 unspecified atom stereocenters. The molecule has 0 amide bonds. The predicted octanol–water partition coefficient (Wildman–Crippen LogP) is 13.3. The van der Waals surface area contributed by atoms with Crippen molar-refractivity contribution >= 4 is 108 Å². The van der Waals surface area contributed by atoms with E-state index in [1.807, 2.05) is 32.1 Å². The molecule has 0 radical (unpaired) electrons. The van der Waals surface area contributed by atoms with Crippen LogP contribution in [0.5, 0.6) is 0 Å². The SMILES string of the molecule is [2H]c1c([2H])c(C(C)(C)C)c([2H])c([2H])c1-c1ccc2c3c4c(ccc3n3c5cc6c7cccc8c9ccccc9n(c6cc5c1c23)c87)sc1ccccc14. The third-order valence-corrected chi connectivity index (χ3v) is 12.1. The van der Waals surface area contributed by atoms with Gasteiger partial charge in [0, 0.05) is 63.3 Å². The van der Waals surface area contributed by atoms with Crippen LogP contribution in [0.4, 0.5) is 0 Å². The summed E-state index contributed by atoms with van der Waals surface area (Å²) in [5.41, 5.74) is 7.69. The topological polar surface area (TPSA) is 8.82 Å². The van der Waals surface area contributed by atoms with Crippen LogP contribution >= 0.6 is 11.3 Å². The van der Waals surface area contributed by atoms with Gasteiger partial charge in [0.1, 0.15) is 0 Å². The second-order valence-electron chi connectivity index (χ2n) is 14.6. The van der Waals surface area contributed by atoms with Crippen molar-refractivity contribution in [3.63, 3.8) is 0 Å². The van der Waals surface area contributed by atoms with Crippen molar-refractivity contribution in [3.8, 4) is 11.1 Å². The second-order valence-corrected chi connectivity index (χ2v) is 15.7. The Morgan fingerprint density at radius 1 is 0.490 bits per heavy atom. The van der Waals surface area contributed by atoms with Crippen LogP contribution in [0.2, 0.25) is 0 Å². The molecular weight excluding hydrogens is 613 g/mol. The number of fused-ring (bicyclic) bond motifs is 16. The van der Waals surface area contributed by atoms with Gasteiger partial charge in [-0.05, 0) is 58.5 Å². The van der Waals surface area contributed by atoms with E-state index in [1.165, 1.54) is 58.1 Å². The lowest BCUT2D eigenvalue weighted by Gasteiger charge is -2.19. The van der Waals surface area contributed by atoms with Gasteiger partial charge in [-0.15, -0.1) is 11.3 Å². The van der Waals surface area contributed by atoms with E-state index in [0.29, 0.717) is 11.1 Å². The van der Waals surface area contributed by atoms with Crippen LogP contribution in [0.25, 0.3) is 107 Å². The monoisotopic (exact) mass is 646 g/mol. The van der Waals surface area contributed by atoms with Crippen molar-refractivity contribution < 1.29 is 5.48 Å². The Bertz CT molecular complexity index is 3570. The van der Waals surface area contributed by atoms with Crippen molar-refractivity contribution in [2.24, 2.45) is 0 Å². The Labute approximate surface area is 291 Å². The standard InChI is InChI=1S/C46H30N2S/c1-46(2,3)26-17-15-25(16-18-26)27-19-20-32-42-36(21-22-40-43(42)31-10-5-7-14-39(31)49-40)48-38-23-33-30-12-8-11-29-28-9-4-6-13-35(28)47(44(29)30)37(33)24-34(38)41(27)45(32)48/h4-24H,1-3H3/i15D,16D,17D,18D. The highest BCUT2D eigenvalue weighted by Crippen LogP contribution is 2.50. The van der Waals surface area contributed by atoms with E-state index >= 15 is 0 Å². The molecule has 0 atom stereocenters. The number of para-hydroxylation sites is 2. The maximum Gasteiger partial charge on any atom is 0.0629 e. The van der Waals surface area contributed by atoms with Crippen molar-refractivity contribution in [2.45, 2.75) is 26.2 Å². The molecule has 0 N–H and O–H groups in total. The van der Waals surface area contributed by atoms with E-state index < -0.39 is 5.41 Å². The molecule has 0 fully saturated rings. The summed E-state index contributed by atoms with van der Waals surface area (Å²) in [7, 11) is 0. The molecule has 12 rings (SSSR count). The minimum absolute atomic E-state index is 0.000493. The van der Waals surface area contributed by atoms with Crippen molar-refractivity contribution in [2.75, 3.05) is 0 Å². The van der Waals surface area contributed by atoms with Crippen molar-refractivity contribution in [3.05, 3.63) is 133 Å². The predicted molar refractivity (Wildman–Crippen MR) is 213 cm³/mol. The molecular formula is C46H30N2S. The summed E-state index contributed by atoms with van der Waals surface area (Å²) in [6.45, 7) is 5.85. The molecule has 3 heteroatoms. The Hall–Kier alpha value is -5.64. The lowest BCUT2D eigenvalue weighted by atomic mass is 9.86. The van der Waals surface area contributed by atoms with Crippen molar-refractivity contribution in [1.29, 1.82) is 0 Å². The van der Waals surface area contributed by atoms with E-state index in [-0.39, 0.29) is 24.2 Å². The maximum atomic E-state index is 9.41. The normalized spacial score (nSPS) is 14.3. The van der Waals surface area contributed by atoms with Gasteiger partial charge in [-0.25, -0.2) is 0 Å². The average Bonchev–Trinajstić information content (AvgIpc) is 3.94. The zero-order chi connectivity index (χ0) is 35.8. The molecule has 230 valence electrons. The molecule has 0 saturated heterocycles. The fourth-order valence-electron chi connectivity index (χ4n) is 8.81. The summed E-state index contributed by atoms with van der Waals surface area (Å²) in [4.78, 5) is 0. The number of rotatable bonds is 1. The van der Waals surface area contributed by atoms with E-state index in [1.54, 1.807) is 0 Å². The lowest BCUT2D eigenvalue weighted by Crippen LogP contribution is -2.10. The smallest absolute Gasteiger partial charge is 0.0629 e. The molecule has 5 heterocycles. The Kier molecular flexibility index (Phi) is 4.05.